The molecule has 1 saturated heterocycles. The summed E-state index contributed by atoms with van der Waals surface area (Å²) in [5.74, 6) is 0.313. The molecule has 8 nitrogen and oxygen atoms in total. The fourth-order valence-electron chi connectivity index (χ4n) is 4.48. The fourth-order valence-corrected chi connectivity index (χ4v) is 4.48. The number of carbonyl (C=O) groups excluding carboxylic acids is 2. The highest BCUT2D eigenvalue weighted by atomic mass is 16.5. The number of ether oxygens (including phenoxy) is 2. The lowest BCUT2D eigenvalue weighted by Gasteiger charge is -2.38. The summed E-state index contributed by atoms with van der Waals surface area (Å²) < 4.78 is 11.1. The van der Waals surface area contributed by atoms with Crippen molar-refractivity contribution in [3.8, 4) is 5.75 Å². The van der Waals surface area contributed by atoms with Crippen LogP contribution in [-0.4, -0.2) is 62.3 Å². The van der Waals surface area contributed by atoms with Gasteiger partial charge in [-0.2, -0.15) is 0 Å². The van der Waals surface area contributed by atoms with E-state index in [4.69, 9.17) is 9.47 Å². The van der Waals surface area contributed by atoms with Gasteiger partial charge in [0.25, 0.3) is 0 Å². The lowest BCUT2D eigenvalue weighted by Crippen LogP contribution is -2.51. The molecule has 186 valence electrons. The summed E-state index contributed by atoms with van der Waals surface area (Å²) in [6.45, 7) is 9.83. The molecular formula is C27H34N4O4. The van der Waals surface area contributed by atoms with Crippen LogP contribution in [-0.2, 0) is 9.53 Å². The number of hydrogen-bond donors (Lipinski definition) is 2. The molecule has 1 atom stereocenters. The van der Waals surface area contributed by atoms with Crippen LogP contribution in [0.5, 0.6) is 5.75 Å². The van der Waals surface area contributed by atoms with Gasteiger partial charge >= 0.3 is 12.0 Å². The third kappa shape index (κ3) is 6.14. The third-order valence-electron chi connectivity index (χ3n) is 6.11. The normalized spacial score (nSPS) is 18.8. The van der Waals surface area contributed by atoms with Gasteiger partial charge < -0.3 is 25.0 Å². The van der Waals surface area contributed by atoms with Crippen LogP contribution < -0.4 is 20.3 Å². The molecule has 2 aliphatic heterocycles. The number of amides is 2. The summed E-state index contributed by atoms with van der Waals surface area (Å²) in [6, 6.07) is 16.9. The Morgan fingerprint density at radius 3 is 2.34 bits per heavy atom. The molecule has 0 saturated carbocycles. The van der Waals surface area contributed by atoms with Crippen LogP contribution in [0.25, 0.3) is 0 Å². The Morgan fingerprint density at radius 2 is 1.71 bits per heavy atom. The number of rotatable bonds is 8. The van der Waals surface area contributed by atoms with Crippen molar-refractivity contribution in [2.45, 2.75) is 32.9 Å². The minimum Gasteiger partial charge on any atom is -0.491 e. The summed E-state index contributed by atoms with van der Waals surface area (Å²) in [6.07, 6.45) is 0.0587. The molecule has 0 aliphatic carbocycles. The quantitative estimate of drug-likeness (QED) is 0.566. The number of hydrogen-bond acceptors (Lipinski definition) is 6. The van der Waals surface area contributed by atoms with Crippen LogP contribution >= 0.6 is 0 Å². The van der Waals surface area contributed by atoms with E-state index in [9.17, 15) is 9.59 Å². The van der Waals surface area contributed by atoms with E-state index < -0.39 is 12.0 Å². The summed E-state index contributed by atoms with van der Waals surface area (Å²) in [7, 11) is 0. The van der Waals surface area contributed by atoms with Crippen LogP contribution in [0.2, 0.25) is 0 Å². The van der Waals surface area contributed by atoms with Gasteiger partial charge in [0.05, 0.1) is 24.3 Å². The monoisotopic (exact) mass is 478 g/mol. The standard InChI is InChI=1S/C27H34N4O4/c1-4-34-26(32)24-23(18-30-14-16-31(17-15-30)21-8-6-5-7-9-21)28-27(33)29-25(24)20-10-12-22(13-11-20)35-19(2)3/h5-13,19,25H,4,14-18H2,1-3H3,(H2,28,29,33)/t25-/m1/s1. The zero-order chi connectivity index (χ0) is 24.8. The lowest BCUT2D eigenvalue weighted by molar-refractivity contribution is -0.139. The number of esters is 1. The second-order valence-corrected chi connectivity index (χ2v) is 8.98. The summed E-state index contributed by atoms with van der Waals surface area (Å²) in [4.78, 5) is 30.3. The fraction of sp³-hybridized carbons (Fsp3) is 0.407. The first-order valence-corrected chi connectivity index (χ1v) is 12.2. The molecule has 4 rings (SSSR count). The first-order valence-electron chi connectivity index (χ1n) is 12.2. The molecule has 0 radical (unpaired) electrons. The molecule has 2 aliphatic rings. The predicted molar refractivity (Wildman–Crippen MR) is 135 cm³/mol. The average molecular weight is 479 g/mol. The predicted octanol–water partition coefficient (Wildman–Crippen LogP) is 3.47. The van der Waals surface area contributed by atoms with Crippen LogP contribution in [0.3, 0.4) is 0 Å². The topological polar surface area (TPSA) is 83.1 Å². The number of nitrogens with one attached hydrogen (secondary N) is 2. The Kier molecular flexibility index (Phi) is 7.92. The van der Waals surface area contributed by atoms with Gasteiger partial charge in [-0.15, -0.1) is 0 Å². The SMILES string of the molecule is CCOC(=O)C1=C(CN2CCN(c3ccccc3)CC2)NC(=O)N[C@@H]1c1ccc(OC(C)C)cc1. The first-order chi connectivity index (χ1) is 16.9. The van der Waals surface area contributed by atoms with E-state index in [0.717, 1.165) is 37.5 Å². The highest BCUT2D eigenvalue weighted by molar-refractivity contribution is 5.95. The molecule has 35 heavy (non-hydrogen) atoms. The number of urea groups is 1. The van der Waals surface area contributed by atoms with E-state index in [1.807, 2.05) is 56.3 Å². The summed E-state index contributed by atoms with van der Waals surface area (Å²) in [5.41, 5.74) is 3.03. The van der Waals surface area contributed by atoms with Gasteiger partial charge in [0.15, 0.2) is 0 Å². The van der Waals surface area contributed by atoms with Gasteiger partial charge in [0.1, 0.15) is 5.75 Å². The average Bonchev–Trinajstić information content (AvgIpc) is 2.85. The van der Waals surface area contributed by atoms with E-state index in [-0.39, 0.29) is 18.7 Å². The number of carbonyl (C=O) groups is 2. The van der Waals surface area contributed by atoms with Crippen molar-refractivity contribution in [1.82, 2.24) is 15.5 Å². The highest BCUT2D eigenvalue weighted by Gasteiger charge is 2.34. The summed E-state index contributed by atoms with van der Waals surface area (Å²) in [5, 5.41) is 5.78. The first kappa shape index (κ1) is 24.6. The van der Waals surface area contributed by atoms with Gasteiger partial charge in [-0.1, -0.05) is 30.3 Å². The smallest absolute Gasteiger partial charge is 0.338 e. The number of anilines is 1. The van der Waals surface area contributed by atoms with Crippen molar-refractivity contribution in [2.24, 2.45) is 0 Å². The third-order valence-corrected chi connectivity index (χ3v) is 6.11. The van der Waals surface area contributed by atoms with E-state index in [1.165, 1.54) is 5.69 Å². The Bertz CT molecular complexity index is 1040. The molecule has 2 amide bonds. The largest absolute Gasteiger partial charge is 0.491 e. The Balaban J connectivity index is 1.55. The van der Waals surface area contributed by atoms with Gasteiger partial charge in [0.2, 0.25) is 0 Å². The molecular weight excluding hydrogens is 444 g/mol. The van der Waals surface area contributed by atoms with Crippen LogP contribution in [0.15, 0.2) is 65.9 Å². The van der Waals surface area contributed by atoms with E-state index in [0.29, 0.717) is 17.8 Å². The molecule has 1 fully saturated rings. The number of nitrogens with zero attached hydrogens (tertiary/aromatic N) is 2. The molecule has 2 N–H and O–H groups in total. The van der Waals surface area contributed by atoms with Crippen LogP contribution in [0.4, 0.5) is 10.5 Å². The molecule has 2 aromatic carbocycles. The molecule has 8 heteroatoms. The van der Waals surface area contributed by atoms with E-state index in [2.05, 4.69) is 32.6 Å². The highest BCUT2D eigenvalue weighted by Crippen LogP contribution is 2.30. The molecule has 0 unspecified atom stereocenters. The van der Waals surface area contributed by atoms with Crippen LogP contribution in [0, 0.1) is 0 Å². The number of para-hydroxylation sites is 1. The van der Waals surface area contributed by atoms with Gasteiger partial charge in [0, 0.05) is 44.1 Å². The van der Waals surface area contributed by atoms with Crippen molar-refractivity contribution in [1.29, 1.82) is 0 Å². The zero-order valence-electron chi connectivity index (χ0n) is 20.6. The van der Waals surface area contributed by atoms with Gasteiger partial charge in [-0.3, -0.25) is 4.90 Å². The van der Waals surface area contributed by atoms with Crippen molar-refractivity contribution >= 4 is 17.7 Å². The Morgan fingerprint density at radius 1 is 1.03 bits per heavy atom. The Labute approximate surface area is 206 Å². The molecule has 2 aromatic rings. The second kappa shape index (κ2) is 11.3. The van der Waals surface area contributed by atoms with Crippen molar-refractivity contribution in [2.75, 3.05) is 44.2 Å². The van der Waals surface area contributed by atoms with Crippen molar-refractivity contribution < 1.29 is 19.1 Å². The number of piperazine rings is 1. The minimum absolute atomic E-state index is 0.0587. The van der Waals surface area contributed by atoms with E-state index in [1.54, 1.807) is 6.92 Å². The van der Waals surface area contributed by atoms with Crippen molar-refractivity contribution in [3.63, 3.8) is 0 Å². The van der Waals surface area contributed by atoms with Gasteiger partial charge in [-0.05, 0) is 50.6 Å². The second-order valence-electron chi connectivity index (χ2n) is 8.98. The van der Waals surface area contributed by atoms with Crippen molar-refractivity contribution in [3.05, 3.63) is 71.4 Å². The molecule has 0 aromatic heterocycles. The number of benzene rings is 2. The molecule has 0 spiro atoms. The Hall–Kier alpha value is -3.52. The van der Waals surface area contributed by atoms with Crippen LogP contribution in [0.1, 0.15) is 32.4 Å². The minimum atomic E-state index is -0.600. The lowest BCUT2D eigenvalue weighted by atomic mass is 9.94. The van der Waals surface area contributed by atoms with Gasteiger partial charge in [-0.25, -0.2) is 9.59 Å². The maximum atomic E-state index is 13.1. The maximum Gasteiger partial charge on any atom is 0.338 e. The zero-order valence-corrected chi connectivity index (χ0v) is 20.6. The van der Waals surface area contributed by atoms with E-state index >= 15 is 0 Å². The summed E-state index contributed by atoms with van der Waals surface area (Å²) >= 11 is 0. The molecule has 0 bridgehead atoms. The maximum absolute atomic E-state index is 13.1. The molecule has 2 heterocycles.